The smallest absolute Gasteiger partial charge is 0.138 e. The van der Waals surface area contributed by atoms with Gasteiger partial charge in [-0.15, -0.1) is 0 Å². The molecule has 2 aromatic heterocycles. The lowest BCUT2D eigenvalue weighted by atomic mass is 9.87. The molecular formula is C12H15ClN2. The first-order chi connectivity index (χ1) is 7.03. The highest BCUT2D eigenvalue weighted by molar-refractivity contribution is 6.30. The zero-order chi connectivity index (χ0) is 11.1. The van der Waals surface area contributed by atoms with E-state index < -0.39 is 0 Å². The van der Waals surface area contributed by atoms with Gasteiger partial charge in [-0.25, -0.2) is 4.98 Å². The monoisotopic (exact) mass is 222 g/mol. The van der Waals surface area contributed by atoms with Gasteiger partial charge < -0.3 is 4.40 Å². The molecule has 0 saturated carbocycles. The number of halogens is 1. The first kappa shape index (κ1) is 10.5. The molecule has 0 spiro atoms. The van der Waals surface area contributed by atoms with Crippen LogP contribution in [0.1, 0.15) is 32.9 Å². The molecule has 0 atom stereocenters. The van der Waals surface area contributed by atoms with E-state index in [2.05, 4.69) is 32.0 Å². The number of imidazole rings is 1. The van der Waals surface area contributed by atoms with E-state index in [1.807, 2.05) is 22.7 Å². The van der Waals surface area contributed by atoms with E-state index in [0.717, 1.165) is 22.8 Å². The molecule has 0 fully saturated rings. The van der Waals surface area contributed by atoms with Gasteiger partial charge in [0.2, 0.25) is 0 Å². The third-order valence-corrected chi connectivity index (χ3v) is 3.23. The zero-order valence-electron chi connectivity index (χ0n) is 9.29. The summed E-state index contributed by atoms with van der Waals surface area (Å²) in [6, 6.07) is 3.76. The van der Waals surface area contributed by atoms with Crippen LogP contribution in [0.15, 0.2) is 24.5 Å². The SMILES string of the molecule is CCC(C)(C)c1cn2ccc(Cl)cc2n1. The van der Waals surface area contributed by atoms with Gasteiger partial charge in [0.25, 0.3) is 0 Å². The van der Waals surface area contributed by atoms with Crippen molar-refractivity contribution in [3.63, 3.8) is 0 Å². The van der Waals surface area contributed by atoms with Crippen molar-refractivity contribution in [2.24, 2.45) is 0 Å². The van der Waals surface area contributed by atoms with Gasteiger partial charge in [-0.05, 0) is 18.6 Å². The first-order valence-electron chi connectivity index (χ1n) is 5.17. The Labute approximate surface area is 94.9 Å². The summed E-state index contributed by atoms with van der Waals surface area (Å²) in [6.45, 7) is 6.59. The number of nitrogens with zero attached hydrogens (tertiary/aromatic N) is 2. The summed E-state index contributed by atoms with van der Waals surface area (Å²) in [7, 11) is 0. The third kappa shape index (κ3) is 1.86. The summed E-state index contributed by atoms with van der Waals surface area (Å²) in [5.74, 6) is 0. The number of rotatable bonds is 2. The third-order valence-electron chi connectivity index (χ3n) is 3.00. The molecule has 0 N–H and O–H groups in total. The molecule has 0 aliphatic heterocycles. The quantitative estimate of drug-likeness (QED) is 0.758. The Morgan fingerprint density at radius 3 is 2.87 bits per heavy atom. The predicted octanol–water partition coefficient (Wildman–Crippen LogP) is 3.68. The van der Waals surface area contributed by atoms with Gasteiger partial charge in [-0.2, -0.15) is 0 Å². The van der Waals surface area contributed by atoms with Crippen molar-refractivity contribution >= 4 is 17.2 Å². The summed E-state index contributed by atoms with van der Waals surface area (Å²) in [5.41, 5.74) is 2.16. The zero-order valence-corrected chi connectivity index (χ0v) is 10.0. The second-order valence-electron chi connectivity index (χ2n) is 4.47. The Morgan fingerprint density at radius 2 is 2.20 bits per heavy atom. The first-order valence-corrected chi connectivity index (χ1v) is 5.55. The van der Waals surface area contributed by atoms with Crippen molar-refractivity contribution in [2.75, 3.05) is 0 Å². The number of hydrogen-bond acceptors (Lipinski definition) is 1. The Morgan fingerprint density at radius 1 is 1.47 bits per heavy atom. The maximum atomic E-state index is 5.92. The fourth-order valence-electron chi connectivity index (χ4n) is 1.46. The molecule has 15 heavy (non-hydrogen) atoms. The van der Waals surface area contributed by atoms with E-state index in [0.29, 0.717) is 0 Å². The molecule has 2 rings (SSSR count). The van der Waals surface area contributed by atoms with Crippen LogP contribution in [0.2, 0.25) is 5.02 Å². The Bertz CT molecular complexity index is 485. The molecule has 0 bridgehead atoms. The standard InChI is InChI=1S/C12H15ClN2/c1-4-12(2,3)10-8-15-6-5-9(13)7-11(15)14-10/h5-8H,4H2,1-3H3. The molecule has 2 aromatic rings. The van der Waals surface area contributed by atoms with Crippen LogP contribution < -0.4 is 0 Å². The number of aromatic nitrogens is 2. The minimum Gasteiger partial charge on any atom is -0.307 e. The molecule has 0 radical (unpaired) electrons. The molecule has 0 aliphatic rings. The number of pyridine rings is 1. The molecule has 2 nitrogen and oxygen atoms in total. The van der Waals surface area contributed by atoms with Crippen LogP contribution in [0.25, 0.3) is 5.65 Å². The van der Waals surface area contributed by atoms with Gasteiger partial charge in [0.15, 0.2) is 0 Å². The summed E-state index contributed by atoms with van der Waals surface area (Å²) < 4.78 is 2.01. The van der Waals surface area contributed by atoms with Gasteiger partial charge in [0.1, 0.15) is 5.65 Å². The molecule has 3 heteroatoms. The lowest BCUT2D eigenvalue weighted by Gasteiger charge is -2.19. The van der Waals surface area contributed by atoms with Gasteiger partial charge in [0, 0.05) is 22.8 Å². The van der Waals surface area contributed by atoms with Gasteiger partial charge in [0.05, 0.1) is 5.69 Å². The average molecular weight is 223 g/mol. The Hall–Kier alpha value is -1.02. The summed E-state index contributed by atoms with van der Waals surface area (Å²) in [4.78, 5) is 4.59. The maximum Gasteiger partial charge on any atom is 0.138 e. The fraction of sp³-hybridized carbons (Fsp3) is 0.417. The highest BCUT2D eigenvalue weighted by Crippen LogP contribution is 2.26. The maximum absolute atomic E-state index is 5.92. The van der Waals surface area contributed by atoms with Crippen LogP contribution in [0.3, 0.4) is 0 Å². The van der Waals surface area contributed by atoms with Gasteiger partial charge in [-0.3, -0.25) is 0 Å². The van der Waals surface area contributed by atoms with Crippen molar-refractivity contribution < 1.29 is 0 Å². The van der Waals surface area contributed by atoms with Crippen LogP contribution in [-0.4, -0.2) is 9.38 Å². The molecule has 0 aromatic carbocycles. The minimum atomic E-state index is 0.124. The van der Waals surface area contributed by atoms with E-state index in [9.17, 15) is 0 Å². The van der Waals surface area contributed by atoms with Crippen LogP contribution in [0, 0.1) is 0 Å². The summed E-state index contributed by atoms with van der Waals surface area (Å²) in [5, 5.41) is 0.731. The Kier molecular flexibility index (Phi) is 2.47. The second-order valence-corrected chi connectivity index (χ2v) is 4.91. The molecule has 0 unspecified atom stereocenters. The van der Waals surface area contributed by atoms with Crippen molar-refractivity contribution in [1.29, 1.82) is 0 Å². The minimum absolute atomic E-state index is 0.124. The lowest BCUT2D eigenvalue weighted by Crippen LogP contribution is -2.15. The van der Waals surface area contributed by atoms with E-state index in [-0.39, 0.29) is 5.41 Å². The summed E-state index contributed by atoms with van der Waals surface area (Å²) in [6.07, 6.45) is 5.10. The molecule has 0 aliphatic carbocycles. The fourth-order valence-corrected chi connectivity index (χ4v) is 1.62. The van der Waals surface area contributed by atoms with Crippen LogP contribution in [0.4, 0.5) is 0 Å². The molecule has 2 heterocycles. The molecule has 80 valence electrons. The van der Waals surface area contributed by atoms with Crippen LogP contribution in [0.5, 0.6) is 0 Å². The highest BCUT2D eigenvalue weighted by Gasteiger charge is 2.21. The predicted molar refractivity (Wildman–Crippen MR) is 63.5 cm³/mol. The van der Waals surface area contributed by atoms with Gasteiger partial charge in [-0.1, -0.05) is 32.4 Å². The number of hydrogen-bond donors (Lipinski definition) is 0. The molecule has 0 saturated heterocycles. The van der Waals surface area contributed by atoms with E-state index >= 15 is 0 Å². The van der Waals surface area contributed by atoms with E-state index in [4.69, 9.17) is 11.6 Å². The number of fused-ring (bicyclic) bond motifs is 1. The van der Waals surface area contributed by atoms with Gasteiger partial charge >= 0.3 is 0 Å². The second kappa shape index (κ2) is 3.53. The Balaban J connectivity index is 2.56. The van der Waals surface area contributed by atoms with E-state index in [1.54, 1.807) is 0 Å². The average Bonchev–Trinajstić information content (AvgIpc) is 2.61. The lowest BCUT2D eigenvalue weighted by molar-refractivity contribution is 0.493. The van der Waals surface area contributed by atoms with Crippen molar-refractivity contribution in [1.82, 2.24) is 9.38 Å². The largest absolute Gasteiger partial charge is 0.307 e. The normalized spacial score (nSPS) is 12.3. The molecular weight excluding hydrogens is 208 g/mol. The van der Waals surface area contributed by atoms with E-state index in [1.165, 1.54) is 0 Å². The molecule has 0 amide bonds. The highest BCUT2D eigenvalue weighted by atomic mass is 35.5. The van der Waals surface area contributed by atoms with Crippen molar-refractivity contribution in [2.45, 2.75) is 32.6 Å². The topological polar surface area (TPSA) is 17.3 Å². The van der Waals surface area contributed by atoms with Crippen molar-refractivity contribution in [3.8, 4) is 0 Å². The van der Waals surface area contributed by atoms with Crippen LogP contribution in [-0.2, 0) is 5.41 Å². The summed E-state index contributed by atoms with van der Waals surface area (Å²) >= 11 is 5.92. The van der Waals surface area contributed by atoms with Crippen molar-refractivity contribution in [3.05, 3.63) is 35.2 Å². The van der Waals surface area contributed by atoms with Crippen LogP contribution >= 0.6 is 11.6 Å².